The van der Waals surface area contributed by atoms with Gasteiger partial charge in [0.2, 0.25) is 5.12 Å². The summed E-state index contributed by atoms with van der Waals surface area (Å²) in [6, 6.07) is 23.5. The molecule has 3 aromatic carbocycles. The number of carbonyl (C=O) groups is 3. The van der Waals surface area contributed by atoms with Crippen molar-refractivity contribution < 1.29 is 23.9 Å². The van der Waals surface area contributed by atoms with Crippen molar-refractivity contribution in [2.75, 3.05) is 13.9 Å². The second-order valence-corrected chi connectivity index (χ2v) is 8.19. The zero-order valence-electron chi connectivity index (χ0n) is 17.3. The first kappa shape index (κ1) is 22.0. The van der Waals surface area contributed by atoms with E-state index in [1.165, 1.54) is 7.11 Å². The van der Waals surface area contributed by atoms with Gasteiger partial charge in [-0.25, -0.2) is 0 Å². The zero-order valence-corrected chi connectivity index (χ0v) is 18.2. The van der Waals surface area contributed by atoms with Crippen LogP contribution in [0.15, 0.2) is 89.8 Å². The van der Waals surface area contributed by atoms with E-state index >= 15 is 0 Å². The van der Waals surface area contributed by atoms with Crippen LogP contribution in [-0.2, 0) is 14.3 Å². The molecule has 1 heterocycles. The highest BCUT2D eigenvalue weighted by molar-refractivity contribution is 8.13. The van der Waals surface area contributed by atoms with Gasteiger partial charge in [0.15, 0.2) is 0 Å². The quantitative estimate of drug-likeness (QED) is 0.291. The van der Waals surface area contributed by atoms with Crippen LogP contribution in [-0.4, -0.2) is 41.8 Å². The summed E-state index contributed by atoms with van der Waals surface area (Å²) in [6.45, 7) is -0.109. The normalized spacial score (nSPS) is 14.8. The molecule has 0 unspecified atom stereocenters. The molecule has 0 aromatic heterocycles. The van der Waals surface area contributed by atoms with E-state index in [0.29, 0.717) is 10.5 Å². The lowest BCUT2D eigenvalue weighted by Gasteiger charge is -2.32. The summed E-state index contributed by atoms with van der Waals surface area (Å²) >= 11 is 0.972. The monoisotopic (exact) mass is 447 g/mol. The van der Waals surface area contributed by atoms with Gasteiger partial charge in [-0.1, -0.05) is 60.7 Å². The molecule has 0 N–H and O–H groups in total. The number of benzene rings is 3. The van der Waals surface area contributed by atoms with E-state index < -0.39 is 24.0 Å². The molecular formula is C25H21NO5S. The van der Waals surface area contributed by atoms with E-state index in [0.717, 1.165) is 16.7 Å². The fourth-order valence-electron chi connectivity index (χ4n) is 3.64. The second kappa shape index (κ2) is 9.91. The minimum Gasteiger partial charge on any atom is -0.359 e. The topological polar surface area (TPSA) is 72.9 Å². The molecule has 0 saturated heterocycles. The molecule has 3 aromatic rings. The minimum atomic E-state index is -1.19. The Morgan fingerprint density at radius 2 is 1.38 bits per heavy atom. The molecule has 32 heavy (non-hydrogen) atoms. The Bertz CT molecular complexity index is 1080. The lowest BCUT2D eigenvalue weighted by Crippen LogP contribution is -2.48. The first-order valence-corrected chi connectivity index (χ1v) is 10.8. The van der Waals surface area contributed by atoms with Crippen LogP contribution in [0, 0.1) is 0 Å². The molecule has 0 saturated carbocycles. The number of methoxy groups -OCH3 is 1. The number of imide groups is 1. The molecule has 0 aliphatic carbocycles. The molecule has 162 valence electrons. The van der Waals surface area contributed by atoms with Gasteiger partial charge in [0, 0.05) is 12.0 Å². The summed E-state index contributed by atoms with van der Waals surface area (Å²) in [5, 5.41) is -0.379. The number of amides is 2. The standard InChI is InChI=1S/C25H21NO5S/c1-30-16-31-22(17-10-4-2-5-11-17)21(25(29)32-18-12-6-3-7-13-18)26-23(27)19-14-8-9-15-20(19)24(26)28/h2-15,21-22H,16H2,1H3/t21-,22-/m0/s1. The van der Waals surface area contributed by atoms with Gasteiger partial charge < -0.3 is 9.47 Å². The Morgan fingerprint density at radius 3 is 1.94 bits per heavy atom. The Kier molecular flexibility index (Phi) is 6.80. The van der Waals surface area contributed by atoms with E-state index in [4.69, 9.17) is 9.47 Å². The van der Waals surface area contributed by atoms with E-state index in [1.807, 2.05) is 36.4 Å². The van der Waals surface area contributed by atoms with Gasteiger partial charge in [-0.3, -0.25) is 19.3 Å². The summed E-state index contributed by atoms with van der Waals surface area (Å²) in [7, 11) is 1.47. The smallest absolute Gasteiger partial charge is 0.262 e. The van der Waals surface area contributed by atoms with Crippen molar-refractivity contribution in [2.45, 2.75) is 17.0 Å². The van der Waals surface area contributed by atoms with Gasteiger partial charge in [-0.15, -0.1) is 0 Å². The molecule has 2 amide bonds. The summed E-state index contributed by atoms with van der Waals surface area (Å²) in [6.07, 6.45) is -0.901. The van der Waals surface area contributed by atoms with Crippen molar-refractivity contribution >= 4 is 28.7 Å². The fraction of sp³-hybridized carbons (Fsp3) is 0.160. The van der Waals surface area contributed by atoms with Crippen LogP contribution >= 0.6 is 11.8 Å². The van der Waals surface area contributed by atoms with Crippen LogP contribution in [0.1, 0.15) is 32.4 Å². The van der Waals surface area contributed by atoms with Gasteiger partial charge >= 0.3 is 0 Å². The Labute approximate surface area is 190 Å². The molecular weight excluding hydrogens is 426 g/mol. The molecule has 6 nitrogen and oxygen atoms in total. The summed E-state index contributed by atoms with van der Waals surface area (Å²) in [4.78, 5) is 41.9. The zero-order chi connectivity index (χ0) is 22.5. The van der Waals surface area contributed by atoms with Gasteiger partial charge in [-0.2, -0.15) is 0 Å². The first-order valence-electron chi connectivity index (χ1n) is 10.0. The third kappa shape index (κ3) is 4.36. The van der Waals surface area contributed by atoms with E-state index in [1.54, 1.807) is 48.5 Å². The van der Waals surface area contributed by atoms with Crippen LogP contribution in [0.3, 0.4) is 0 Å². The molecule has 0 spiro atoms. The van der Waals surface area contributed by atoms with Crippen molar-refractivity contribution in [2.24, 2.45) is 0 Å². The maximum absolute atomic E-state index is 13.6. The van der Waals surface area contributed by atoms with E-state index in [2.05, 4.69) is 0 Å². The maximum atomic E-state index is 13.6. The number of hydrogen-bond donors (Lipinski definition) is 0. The molecule has 2 atom stereocenters. The van der Waals surface area contributed by atoms with Crippen molar-refractivity contribution in [3.63, 3.8) is 0 Å². The van der Waals surface area contributed by atoms with Gasteiger partial charge in [0.05, 0.1) is 11.1 Å². The highest BCUT2D eigenvalue weighted by Crippen LogP contribution is 2.36. The largest absolute Gasteiger partial charge is 0.359 e. The van der Waals surface area contributed by atoms with Gasteiger partial charge in [0.1, 0.15) is 18.9 Å². The highest BCUT2D eigenvalue weighted by atomic mass is 32.2. The summed E-state index contributed by atoms with van der Waals surface area (Å²) in [5.41, 5.74) is 1.21. The molecule has 0 fully saturated rings. The fourth-order valence-corrected chi connectivity index (χ4v) is 4.52. The molecule has 0 radical (unpaired) electrons. The number of ether oxygens (including phenoxy) is 2. The molecule has 1 aliphatic rings. The molecule has 4 rings (SSSR count). The molecule has 7 heteroatoms. The first-order chi connectivity index (χ1) is 15.6. The second-order valence-electron chi connectivity index (χ2n) is 7.11. The van der Waals surface area contributed by atoms with E-state index in [-0.39, 0.29) is 23.0 Å². The van der Waals surface area contributed by atoms with Crippen molar-refractivity contribution in [1.29, 1.82) is 0 Å². The molecule has 0 bridgehead atoms. The summed E-state index contributed by atoms with van der Waals surface area (Å²) < 4.78 is 11.0. The third-order valence-electron chi connectivity index (χ3n) is 5.09. The van der Waals surface area contributed by atoms with Crippen LogP contribution in [0.25, 0.3) is 0 Å². The minimum absolute atomic E-state index is 0.109. The third-order valence-corrected chi connectivity index (χ3v) is 6.04. The van der Waals surface area contributed by atoms with Crippen LogP contribution in [0.4, 0.5) is 0 Å². The Hall–Kier alpha value is -3.26. The number of hydrogen-bond acceptors (Lipinski definition) is 6. The lowest BCUT2D eigenvalue weighted by atomic mass is 10.0. The van der Waals surface area contributed by atoms with Crippen LogP contribution in [0.2, 0.25) is 0 Å². The highest BCUT2D eigenvalue weighted by Gasteiger charge is 2.47. The average Bonchev–Trinajstić information content (AvgIpc) is 3.08. The maximum Gasteiger partial charge on any atom is 0.262 e. The Morgan fingerprint density at radius 1 is 0.844 bits per heavy atom. The average molecular weight is 448 g/mol. The predicted molar refractivity (Wildman–Crippen MR) is 120 cm³/mol. The molecule has 1 aliphatic heterocycles. The Balaban J connectivity index is 1.78. The predicted octanol–water partition coefficient (Wildman–Crippen LogP) is 4.33. The van der Waals surface area contributed by atoms with Crippen LogP contribution < -0.4 is 0 Å². The number of carbonyl (C=O) groups excluding carboxylic acids is 3. The number of thioether (sulfide) groups is 1. The van der Waals surface area contributed by atoms with Crippen LogP contribution in [0.5, 0.6) is 0 Å². The SMILES string of the molecule is COCO[C@@H](c1ccccc1)[C@@H](C(=O)Sc1ccccc1)N1C(=O)c2ccccc2C1=O. The number of fused-ring (bicyclic) bond motifs is 1. The van der Waals surface area contributed by atoms with Crippen molar-refractivity contribution in [1.82, 2.24) is 4.90 Å². The summed E-state index contributed by atoms with van der Waals surface area (Å²) in [5.74, 6) is -1.03. The van der Waals surface area contributed by atoms with Crippen molar-refractivity contribution in [3.8, 4) is 0 Å². The van der Waals surface area contributed by atoms with Crippen molar-refractivity contribution in [3.05, 3.63) is 102 Å². The lowest BCUT2D eigenvalue weighted by molar-refractivity contribution is -0.127. The number of rotatable bonds is 8. The van der Waals surface area contributed by atoms with Gasteiger partial charge in [0.25, 0.3) is 11.8 Å². The number of nitrogens with zero attached hydrogens (tertiary/aromatic N) is 1. The van der Waals surface area contributed by atoms with E-state index in [9.17, 15) is 14.4 Å². The van der Waals surface area contributed by atoms with Gasteiger partial charge in [-0.05, 0) is 41.6 Å².